The average Bonchev–Trinajstić information content (AvgIpc) is 2.70. The molecule has 0 saturated carbocycles. The Kier molecular flexibility index (Phi) is 6.58. The van der Waals surface area contributed by atoms with Gasteiger partial charge >= 0.3 is 0 Å². The van der Waals surface area contributed by atoms with Crippen LogP contribution in [0.1, 0.15) is 37.9 Å². The van der Waals surface area contributed by atoms with Gasteiger partial charge in [-0.05, 0) is 42.7 Å². The number of benzene rings is 2. The molecule has 0 aromatic heterocycles. The molecule has 3 rings (SSSR count). The second-order valence-corrected chi connectivity index (χ2v) is 7.05. The number of piperidine rings is 1. The quantitative estimate of drug-likeness (QED) is 0.842. The van der Waals surface area contributed by atoms with E-state index in [2.05, 4.69) is 4.90 Å². The standard InChI is InChI=1S/C22H27FN2O2/c1-2-22(27)25(19-6-4-3-5-7-19)20-12-14-24(15-13-20)16-21(26)17-8-10-18(23)11-9-17/h3-11,20-21,26H,2,12-16H2,1H3. The summed E-state index contributed by atoms with van der Waals surface area (Å²) in [5.74, 6) is -0.153. The predicted molar refractivity (Wildman–Crippen MR) is 105 cm³/mol. The third kappa shape index (κ3) is 4.93. The minimum atomic E-state index is -0.635. The molecule has 27 heavy (non-hydrogen) atoms. The van der Waals surface area contributed by atoms with Crippen molar-refractivity contribution in [3.63, 3.8) is 0 Å². The zero-order valence-corrected chi connectivity index (χ0v) is 15.7. The highest BCUT2D eigenvalue weighted by Crippen LogP contribution is 2.25. The molecule has 1 heterocycles. The lowest BCUT2D eigenvalue weighted by atomic mass is 10.0. The van der Waals surface area contributed by atoms with Gasteiger partial charge in [0.25, 0.3) is 0 Å². The maximum absolute atomic E-state index is 13.0. The minimum Gasteiger partial charge on any atom is -0.387 e. The number of aliphatic hydroxyl groups is 1. The molecule has 144 valence electrons. The van der Waals surface area contributed by atoms with Gasteiger partial charge in [0.1, 0.15) is 5.82 Å². The summed E-state index contributed by atoms with van der Waals surface area (Å²) in [5.41, 5.74) is 1.68. The number of β-amino-alcohol motifs (C(OH)–C–C–N with tert-alkyl or cyclic N) is 1. The molecule has 1 fully saturated rings. The van der Waals surface area contributed by atoms with Crippen molar-refractivity contribution in [2.75, 3.05) is 24.5 Å². The monoisotopic (exact) mass is 370 g/mol. The topological polar surface area (TPSA) is 43.8 Å². The van der Waals surface area contributed by atoms with E-state index in [-0.39, 0.29) is 17.8 Å². The number of para-hydroxylation sites is 1. The third-order valence-electron chi connectivity index (χ3n) is 5.21. The Balaban J connectivity index is 1.60. The van der Waals surface area contributed by atoms with Crippen molar-refractivity contribution in [1.82, 2.24) is 4.90 Å². The van der Waals surface area contributed by atoms with Crippen molar-refractivity contribution in [2.24, 2.45) is 0 Å². The fraction of sp³-hybridized carbons (Fsp3) is 0.409. The van der Waals surface area contributed by atoms with Crippen molar-refractivity contribution in [3.05, 3.63) is 66.0 Å². The smallest absolute Gasteiger partial charge is 0.226 e. The second-order valence-electron chi connectivity index (χ2n) is 7.05. The number of carbonyl (C=O) groups is 1. The van der Waals surface area contributed by atoms with E-state index in [1.54, 1.807) is 12.1 Å². The number of amides is 1. The molecule has 2 aromatic carbocycles. The first-order valence-corrected chi connectivity index (χ1v) is 9.61. The number of carbonyl (C=O) groups excluding carboxylic acids is 1. The van der Waals surface area contributed by atoms with Crippen molar-refractivity contribution in [1.29, 1.82) is 0 Å². The summed E-state index contributed by atoms with van der Waals surface area (Å²) in [6.45, 7) is 4.06. The number of aliphatic hydroxyl groups excluding tert-OH is 1. The van der Waals surface area contributed by atoms with Crippen LogP contribution in [0.3, 0.4) is 0 Å². The molecule has 1 aliphatic rings. The lowest BCUT2D eigenvalue weighted by molar-refractivity contribution is -0.119. The van der Waals surface area contributed by atoms with Crippen LogP contribution in [0.4, 0.5) is 10.1 Å². The molecule has 2 aromatic rings. The van der Waals surface area contributed by atoms with Gasteiger partial charge in [-0.2, -0.15) is 0 Å². The van der Waals surface area contributed by atoms with E-state index in [4.69, 9.17) is 0 Å². The van der Waals surface area contributed by atoms with E-state index < -0.39 is 6.10 Å². The van der Waals surface area contributed by atoms with Crippen LogP contribution in [-0.4, -0.2) is 41.6 Å². The van der Waals surface area contributed by atoms with Crippen molar-refractivity contribution < 1.29 is 14.3 Å². The third-order valence-corrected chi connectivity index (χ3v) is 5.21. The minimum absolute atomic E-state index is 0.144. The molecular weight excluding hydrogens is 343 g/mol. The van der Waals surface area contributed by atoms with Crippen LogP contribution in [0.25, 0.3) is 0 Å². The van der Waals surface area contributed by atoms with Crippen LogP contribution in [0.2, 0.25) is 0 Å². The maximum Gasteiger partial charge on any atom is 0.226 e. The first kappa shape index (κ1) is 19.5. The first-order valence-electron chi connectivity index (χ1n) is 9.61. The van der Waals surface area contributed by atoms with Crippen molar-refractivity contribution in [3.8, 4) is 0 Å². The van der Waals surface area contributed by atoms with E-state index in [1.165, 1.54) is 12.1 Å². The zero-order chi connectivity index (χ0) is 19.2. The van der Waals surface area contributed by atoms with Crippen molar-refractivity contribution >= 4 is 11.6 Å². The van der Waals surface area contributed by atoms with Crippen molar-refractivity contribution in [2.45, 2.75) is 38.3 Å². The number of rotatable bonds is 6. The van der Waals surface area contributed by atoms with Gasteiger partial charge in [-0.1, -0.05) is 37.3 Å². The molecule has 1 amide bonds. The SMILES string of the molecule is CCC(=O)N(c1ccccc1)C1CCN(CC(O)c2ccc(F)cc2)CC1. The van der Waals surface area contributed by atoms with Gasteiger partial charge in [-0.25, -0.2) is 4.39 Å². The van der Waals surface area contributed by atoms with E-state index in [9.17, 15) is 14.3 Å². The largest absolute Gasteiger partial charge is 0.387 e. The normalized spacial score (nSPS) is 16.9. The maximum atomic E-state index is 13.0. The molecule has 1 unspecified atom stereocenters. The highest BCUT2D eigenvalue weighted by molar-refractivity contribution is 5.93. The van der Waals surface area contributed by atoms with Gasteiger partial charge in [0.05, 0.1) is 6.10 Å². The Morgan fingerprint density at radius 2 is 1.78 bits per heavy atom. The molecule has 0 aliphatic carbocycles. The average molecular weight is 370 g/mol. The summed E-state index contributed by atoms with van der Waals surface area (Å²) >= 11 is 0. The molecule has 0 spiro atoms. The number of likely N-dealkylation sites (tertiary alicyclic amines) is 1. The summed E-state index contributed by atoms with van der Waals surface area (Å²) in [6, 6.07) is 16.0. The predicted octanol–water partition coefficient (Wildman–Crippen LogP) is 3.77. The van der Waals surface area contributed by atoms with Gasteiger partial charge in [0, 0.05) is 37.8 Å². The van der Waals surface area contributed by atoms with Gasteiger partial charge in [0.15, 0.2) is 0 Å². The first-order chi connectivity index (χ1) is 13.1. The fourth-order valence-electron chi connectivity index (χ4n) is 3.71. The van der Waals surface area contributed by atoms with Crippen LogP contribution in [-0.2, 0) is 4.79 Å². The number of anilines is 1. The highest BCUT2D eigenvalue weighted by atomic mass is 19.1. The molecule has 5 heteroatoms. The number of hydrogen-bond acceptors (Lipinski definition) is 3. The summed E-state index contributed by atoms with van der Waals surface area (Å²) < 4.78 is 13.0. The van der Waals surface area contributed by atoms with Gasteiger partial charge in [0.2, 0.25) is 5.91 Å². The van der Waals surface area contributed by atoms with Crippen LogP contribution in [0.5, 0.6) is 0 Å². The number of hydrogen-bond donors (Lipinski definition) is 1. The van der Waals surface area contributed by atoms with Crippen LogP contribution < -0.4 is 4.90 Å². The molecule has 4 nitrogen and oxygen atoms in total. The van der Waals surface area contributed by atoms with E-state index in [0.29, 0.717) is 13.0 Å². The lowest BCUT2D eigenvalue weighted by Gasteiger charge is -2.39. The van der Waals surface area contributed by atoms with Gasteiger partial charge in [-0.3, -0.25) is 4.79 Å². The summed E-state index contributed by atoms with van der Waals surface area (Å²) in [4.78, 5) is 16.7. The second kappa shape index (κ2) is 9.11. The van der Waals surface area contributed by atoms with Gasteiger partial charge in [-0.15, -0.1) is 0 Å². The zero-order valence-electron chi connectivity index (χ0n) is 15.7. The molecule has 1 aliphatic heterocycles. The van der Waals surface area contributed by atoms with Crippen LogP contribution in [0, 0.1) is 5.82 Å². The van der Waals surface area contributed by atoms with E-state index >= 15 is 0 Å². The Morgan fingerprint density at radius 3 is 2.37 bits per heavy atom. The number of halogens is 1. The Hall–Kier alpha value is -2.24. The highest BCUT2D eigenvalue weighted by Gasteiger charge is 2.29. The summed E-state index contributed by atoms with van der Waals surface area (Å²) in [5, 5.41) is 10.4. The molecule has 0 radical (unpaired) electrons. The summed E-state index contributed by atoms with van der Waals surface area (Å²) in [7, 11) is 0. The van der Waals surface area contributed by atoms with E-state index in [0.717, 1.165) is 37.2 Å². The Morgan fingerprint density at radius 1 is 1.15 bits per heavy atom. The molecule has 0 bridgehead atoms. The molecule has 1 atom stereocenters. The van der Waals surface area contributed by atoms with Crippen LogP contribution >= 0.6 is 0 Å². The molecule has 1 N–H and O–H groups in total. The summed E-state index contributed by atoms with van der Waals surface area (Å²) in [6.07, 6.45) is 1.59. The molecule has 1 saturated heterocycles. The molecular formula is C22H27FN2O2. The number of nitrogens with zero attached hydrogens (tertiary/aromatic N) is 2. The Labute approximate surface area is 160 Å². The lowest BCUT2D eigenvalue weighted by Crippen LogP contribution is -2.48. The van der Waals surface area contributed by atoms with Crippen LogP contribution in [0.15, 0.2) is 54.6 Å². The van der Waals surface area contributed by atoms with Gasteiger partial charge < -0.3 is 14.9 Å². The van der Waals surface area contributed by atoms with E-state index in [1.807, 2.05) is 42.2 Å². The Bertz CT molecular complexity index is 728. The fourth-order valence-corrected chi connectivity index (χ4v) is 3.71.